The van der Waals surface area contributed by atoms with Crippen LogP contribution in [0.15, 0.2) is 0 Å². The van der Waals surface area contributed by atoms with Crippen LogP contribution in [0.25, 0.3) is 0 Å². The van der Waals surface area contributed by atoms with E-state index in [9.17, 15) is 0 Å². The summed E-state index contributed by atoms with van der Waals surface area (Å²) in [4.78, 5) is 0. The van der Waals surface area contributed by atoms with Gasteiger partial charge in [0.05, 0.1) is 0 Å². The molecule has 0 saturated heterocycles. The van der Waals surface area contributed by atoms with Crippen molar-refractivity contribution >= 4 is 12.6 Å². The zero-order valence-corrected chi connectivity index (χ0v) is 10.2. The Labute approximate surface area is 88.9 Å². The molecule has 0 heterocycles. The number of hydrogen-bond acceptors (Lipinski definition) is 1. The third-order valence-corrected chi connectivity index (χ3v) is 4.16. The van der Waals surface area contributed by atoms with E-state index in [1.54, 1.807) is 0 Å². The fraction of sp³-hybridized carbons (Fsp3) is 1.00. The molecule has 1 rings (SSSR count). The molecule has 1 heteroatoms. The molecule has 4 unspecified atom stereocenters. The van der Waals surface area contributed by atoms with Crippen molar-refractivity contribution in [3.05, 3.63) is 0 Å². The van der Waals surface area contributed by atoms with Crippen LogP contribution in [0, 0.1) is 17.8 Å². The van der Waals surface area contributed by atoms with Gasteiger partial charge in [0, 0.05) is 5.25 Å². The van der Waals surface area contributed by atoms with Crippen molar-refractivity contribution in [2.45, 2.75) is 58.1 Å². The molecule has 1 fully saturated rings. The molecule has 0 amide bonds. The molecule has 0 spiro atoms. The van der Waals surface area contributed by atoms with Crippen LogP contribution in [0.1, 0.15) is 52.9 Å². The predicted molar refractivity (Wildman–Crippen MR) is 63.4 cm³/mol. The van der Waals surface area contributed by atoms with Gasteiger partial charge in [0.2, 0.25) is 0 Å². The van der Waals surface area contributed by atoms with E-state index in [4.69, 9.17) is 0 Å². The molecule has 1 aliphatic rings. The zero-order chi connectivity index (χ0) is 9.84. The minimum atomic E-state index is 0.694. The second-order valence-corrected chi connectivity index (χ2v) is 5.53. The fourth-order valence-corrected chi connectivity index (χ4v) is 3.19. The third kappa shape index (κ3) is 3.19. The molecular weight excluding hydrogens is 176 g/mol. The Hall–Kier alpha value is 0.350. The van der Waals surface area contributed by atoms with E-state index in [2.05, 4.69) is 33.4 Å². The summed E-state index contributed by atoms with van der Waals surface area (Å²) in [6.45, 7) is 7.03. The maximum absolute atomic E-state index is 4.62. The quantitative estimate of drug-likeness (QED) is 0.647. The van der Waals surface area contributed by atoms with E-state index in [1.807, 2.05) is 0 Å². The lowest BCUT2D eigenvalue weighted by Gasteiger charge is -2.20. The van der Waals surface area contributed by atoms with Gasteiger partial charge in [-0.05, 0) is 37.0 Å². The van der Waals surface area contributed by atoms with Crippen molar-refractivity contribution in [3.63, 3.8) is 0 Å². The lowest BCUT2D eigenvalue weighted by atomic mass is 9.85. The van der Waals surface area contributed by atoms with Gasteiger partial charge in [-0.3, -0.25) is 0 Å². The molecule has 4 atom stereocenters. The summed E-state index contributed by atoms with van der Waals surface area (Å²) in [5, 5.41) is 0.694. The first-order chi connectivity index (χ1) is 6.17. The van der Waals surface area contributed by atoms with Crippen LogP contribution in [0.5, 0.6) is 0 Å². The molecule has 13 heavy (non-hydrogen) atoms. The third-order valence-electron chi connectivity index (χ3n) is 3.74. The Balaban J connectivity index is 2.39. The first-order valence-corrected chi connectivity index (χ1v) is 6.37. The molecule has 0 radical (unpaired) electrons. The molecule has 0 aliphatic heterocycles. The van der Waals surface area contributed by atoms with Crippen molar-refractivity contribution in [3.8, 4) is 0 Å². The molecule has 0 aromatic carbocycles. The van der Waals surface area contributed by atoms with E-state index >= 15 is 0 Å². The Morgan fingerprint density at radius 3 is 2.38 bits per heavy atom. The van der Waals surface area contributed by atoms with Crippen LogP contribution in [0.2, 0.25) is 0 Å². The average molecular weight is 200 g/mol. The van der Waals surface area contributed by atoms with E-state index < -0.39 is 0 Å². The van der Waals surface area contributed by atoms with Crippen LogP contribution in [-0.2, 0) is 0 Å². The normalized spacial score (nSPS) is 36.5. The molecule has 0 nitrogen and oxygen atoms in total. The molecule has 1 saturated carbocycles. The van der Waals surface area contributed by atoms with Gasteiger partial charge in [0.1, 0.15) is 0 Å². The van der Waals surface area contributed by atoms with Crippen molar-refractivity contribution in [2.75, 3.05) is 0 Å². The van der Waals surface area contributed by atoms with Crippen LogP contribution in [0.3, 0.4) is 0 Å². The standard InChI is InChI=1S/C12H24S/c1-4-9(3)6-11-8-12(13)7-10(11)5-2/h9-13H,4-8H2,1-3H3. The summed E-state index contributed by atoms with van der Waals surface area (Å²) in [6, 6.07) is 0. The number of rotatable bonds is 4. The number of hydrogen-bond donors (Lipinski definition) is 1. The van der Waals surface area contributed by atoms with Gasteiger partial charge in [0.25, 0.3) is 0 Å². The van der Waals surface area contributed by atoms with Crippen LogP contribution >= 0.6 is 12.6 Å². The Bertz CT molecular complexity index is 144. The van der Waals surface area contributed by atoms with Crippen LogP contribution in [-0.4, -0.2) is 5.25 Å². The monoisotopic (exact) mass is 200 g/mol. The first kappa shape index (κ1) is 11.4. The molecular formula is C12H24S. The minimum Gasteiger partial charge on any atom is -0.176 e. The zero-order valence-electron chi connectivity index (χ0n) is 9.29. The Morgan fingerprint density at radius 2 is 1.85 bits per heavy atom. The highest BCUT2D eigenvalue weighted by atomic mass is 32.1. The molecule has 0 aromatic rings. The van der Waals surface area contributed by atoms with Gasteiger partial charge in [-0.25, -0.2) is 0 Å². The summed E-state index contributed by atoms with van der Waals surface area (Å²) in [5.41, 5.74) is 0. The highest BCUT2D eigenvalue weighted by Crippen LogP contribution is 2.40. The largest absolute Gasteiger partial charge is 0.176 e. The summed E-state index contributed by atoms with van der Waals surface area (Å²) in [6.07, 6.45) is 6.86. The molecule has 0 N–H and O–H groups in total. The topological polar surface area (TPSA) is 0 Å². The molecule has 0 aromatic heterocycles. The SMILES string of the molecule is CCC(C)CC1CC(S)CC1CC. The molecule has 1 aliphatic carbocycles. The minimum absolute atomic E-state index is 0.694. The molecule has 78 valence electrons. The summed E-state index contributed by atoms with van der Waals surface area (Å²) < 4.78 is 0. The highest BCUT2D eigenvalue weighted by Gasteiger charge is 2.31. The van der Waals surface area contributed by atoms with Crippen LogP contribution in [0.4, 0.5) is 0 Å². The van der Waals surface area contributed by atoms with E-state index in [0.717, 1.165) is 17.8 Å². The molecule has 0 bridgehead atoms. The van der Waals surface area contributed by atoms with Crippen LogP contribution < -0.4 is 0 Å². The Morgan fingerprint density at radius 1 is 1.23 bits per heavy atom. The van der Waals surface area contributed by atoms with Gasteiger partial charge in [-0.2, -0.15) is 12.6 Å². The fourth-order valence-electron chi connectivity index (χ4n) is 2.65. The summed E-state index contributed by atoms with van der Waals surface area (Å²) in [7, 11) is 0. The maximum Gasteiger partial charge on any atom is 0.00222 e. The van der Waals surface area contributed by atoms with Crippen molar-refractivity contribution < 1.29 is 0 Å². The second kappa shape index (κ2) is 5.29. The first-order valence-electron chi connectivity index (χ1n) is 5.85. The predicted octanol–water partition coefficient (Wildman–Crippen LogP) is 4.16. The van der Waals surface area contributed by atoms with Crippen molar-refractivity contribution in [1.29, 1.82) is 0 Å². The van der Waals surface area contributed by atoms with Gasteiger partial charge < -0.3 is 0 Å². The Kier molecular flexibility index (Phi) is 4.64. The second-order valence-electron chi connectivity index (χ2n) is 4.80. The van der Waals surface area contributed by atoms with E-state index in [-0.39, 0.29) is 0 Å². The van der Waals surface area contributed by atoms with E-state index in [1.165, 1.54) is 32.1 Å². The number of thiol groups is 1. The average Bonchev–Trinajstić information content (AvgIpc) is 2.46. The lowest BCUT2D eigenvalue weighted by molar-refractivity contribution is 0.303. The van der Waals surface area contributed by atoms with Crippen molar-refractivity contribution in [1.82, 2.24) is 0 Å². The summed E-state index contributed by atoms with van der Waals surface area (Å²) >= 11 is 4.62. The van der Waals surface area contributed by atoms with Gasteiger partial charge >= 0.3 is 0 Å². The maximum atomic E-state index is 4.62. The smallest absolute Gasteiger partial charge is 0.00222 e. The van der Waals surface area contributed by atoms with Gasteiger partial charge in [-0.1, -0.05) is 33.6 Å². The van der Waals surface area contributed by atoms with Gasteiger partial charge in [-0.15, -0.1) is 0 Å². The highest BCUT2D eigenvalue weighted by molar-refractivity contribution is 7.80. The van der Waals surface area contributed by atoms with E-state index in [0.29, 0.717) is 5.25 Å². The van der Waals surface area contributed by atoms with Crippen molar-refractivity contribution in [2.24, 2.45) is 17.8 Å². The lowest BCUT2D eigenvalue weighted by Crippen LogP contribution is -2.10. The summed E-state index contributed by atoms with van der Waals surface area (Å²) in [5.74, 6) is 2.86. The van der Waals surface area contributed by atoms with Gasteiger partial charge in [0.15, 0.2) is 0 Å².